The van der Waals surface area contributed by atoms with Gasteiger partial charge in [0.05, 0.1) is 0 Å². The number of halogens is 2. The predicted octanol–water partition coefficient (Wildman–Crippen LogP) is 3.64. The van der Waals surface area contributed by atoms with Gasteiger partial charge in [-0.15, -0.1) is 0 Å². The van der Waals surface area contributed by atoms with Crippen LogP contribution in [0.5, 0.6) is 0 Å². The van der Waals surface area contributed by atoms with Crippen LogP contribution >= 0.6 is 23.2 Å². The number of aromatic nitrogens is 2. The third kappa shape index (κ3) is 3.48. The molecule has 1 aliphatic heterocycles. The summed E-state index contributed by atoms with van der Waals surface area (Å²) in [5, 5.41) is 3.66. The SMILES string of the molecule is O=C(Nc1cc(Cl)cc(Cl)c1)c1cc(N2CCCC2)ncn1. The molecule has 1 aromatic carbocycles. The van der Waals surface area contributed by atoms with Crippen LogP contribution in [0, 0.1) is 0 Å². The maximum atomic E-state index is 12.3. The number of nitrogens with zero attached hydrogens (tertiary/aromatic N) is 3. The molecule has 1 fully saturated rings. The first-order valence-electron chi connectivity index (χ1n) is 6.96. The van der Waals surface area contributed by atoms with Crippen LogP contribution in [0.3, 0.4) is 0 Å². The third-order valence-electron chi connectivity index (χ3n) is 3.44. The molecule has 0 bridgehead atoms. The Balaban J connectivity index is 1.78. The van der Waals surface area contributed by atoms with Crippen LogP contribution in [0.1, 0.15) is 23.3 Å². The lowest BCUT2D eigenvalue weighted by atomic mass is 10.3. The molecular formula is C15H14Cl2N4O. The van der Waals surface area contributed by atoms with Crippen LogP contribution in [0.2, 0.25) is 10.0 Å². The summed E-state index contributed by atoms with van der Waals surface area (Å²) < 4.78 is 0. The molecule has 1 N–H and O–H groups in total. The van der Waals surface area contributed by atoms with Crippen LogP contribution in [-0.2, 0) is 0 Å². The van der Waals surface area contributed by atoms with E-state index >= 15 is 0 Å². The minimum Gasteiger partial charge on any atom is -0.357 e. The van der Waals surface area contributed by atoms with E-state index in [2.05, 4.69) is 20.2 Å². The van der Waals surface area contributed by atoms with Crippen LogP contribution in [0.15, 0.2) is 30.6 Å². The molecule has 0 unspecified atom stereocenters. The minimum absolute atomic E-state index is 0.313. The van der Waals surface area contributed by atoms with Crippen LogP contribution in [-0.4, -0.2) is 29.0 Å². The molecule has 22 heavy (non-hydrogen) atoms. The van der Waals surface area contributed by atoms with Crippen molar-refractivity contribution in [2.75, 3.05) is 23.3 Å². The Labute approximate surface area is 138 Å². The summed E-state index contributed by atoms with van der Waals surface area (Å²) >= 11 is 11.8. The summed E-state index contributed by atoms with van der Waals surface area (Å²) in [6.07, 6.45) is 3.70. The van der Waals surface area contributed by atoms with Gasteiger partial charge >= 0.3 is 0 Å². The zero-order valence-electron chi connectivity index (χ0n) is 11.7. The van der Waals surface area contributed by atoms with Crippen molar-refractivity contribution in [3.63, 3.8) is 0 Å². The lowest BCUT2D eigenvalue weighted by molar-refractivity contribution is 0.102. The quantitative estimate of drug-likeness (QED) is 0.929. The third-order valence-corrected chi connectivity index (χ3v) is 3.87. The first-order chi connectivity index (χ1) is 10.6. The molecule has 0 radical (unpaired) electrons. The standard InChI is InChI=1S/C15H14Cl2N4O/c16-10-5-11(17)7-12(6-10)20-15(22)13-8-14(19-9-18-13)21-3-1-2-4-21/h5-9H,1-4H2,(H,20,22). The summed E-state index contributed by atoms with van der Waals surface area (Å²) in [4.78, 5) is 22.7. The lowest BCUT2D eigenvalue weighted by Gasteiger charge is -2.16. The van der Waals surface area contributed by atoms with E-state index in [1.165, 1.54) is 6.33 Å². The van der Waals surface area contributed by atoms with Gasteiger partial charge in [0.1, 0.15) is 17.8 Å². The molecule has 1 aliphatic rings. The molecule has 1 amide bonds. The van der Waals surface area contributed by atoms with E-state index in [0.717, 1.165) is 31.7 Å². The molecule has 5 nitrogen and oxygen atoms in total. The molecule has 3 rings (SSSR count). The fourth-order valence-electron chi connectivity index (χ4n) is 2.41. The van der Waals surface area contributed by atoms with E-state index in [-0.39, 0.29) is 5.91 Å². The molecule has 7 heteroatoms. The van der Waals surface area contributed by atoms with E-state index in [1.54, 1.807) is 24.3 Å². The van der Waals surface area contributed by atoms with Gasteiger partial charge in [-0.1, -0.05) is 23.2 Å². The number of carbonyl (C=O) groups excluding carboxylic acids is 1. The Morgan fingerprint density at radius 3 is 2.41 bits per heavy atom. The van der Waals surface area contributed by atoms with E-state index < -0.39 is 0 Å². The topological polar surface area (TPSA) is 58.1 Å². The van der Waals surface area contributed by atoms with Gasteiger partial charge < -0.3 is 10.2 Å². The maximum Gasteiger partial charge on any atom is 0.274 e. The zero-order valence-corrected chi connectivity index (χ0v) is 13.2. The van der Waals surface area contributed by atoms with Crippen molar-refractivity contribution in [1.82, 2.24) is 9.97 Å². The van der Waals surface area contributed by atoms with Crippen molar-refractivity contribution < 1.29 is 4.79 Å². The highest BCUT2D eigenvalue weighted by Gasteiger charge is 2.16. The van der Waals surface area contributed by atoms with Crippen LogP contribution in [0.4, 0.5) is 11.5 Å². The van der Waals surface area contributed by atoms with Gasteiger partial charge in [0.2, 0.25) is 0 Å². The van der Waals surface area contributed by atoms with E-state index in [1.807, 2.05) is 0 Å². The Morgan fingerprint density at radius 2 is 1.73 bits per heavy atom. The Hall–Kier alpha value is -1.85. The Morgan fingerprint density at radius 1 is 1.05 bits per heavy atom. The first kappa shape index (κ1) is 15.1. The summed E-state index contributed by atoms with van der Waals surface area (Å²) in [5.74, 6) is 0.461. The maximum absolute atomic E-state index is 12.3. The molecule has 2 heterocycles. The number of rotatable bonds is 3. The highest BCUT2D eigenvalue weighted by atomic mass is 35.5. The molecule has 0 saturated carbocycles. The highest BCUT2D eigenvalue weighted by Crippen LogP contribution is 2.23. The molecule has 0 atom stereocenters. The van der Waals surface area contributed by atoms with Gasteiger partial charge in [-0.25, -0.2) is 9.97 Å². The second-order valence-corrected chi connectivity index (χ2v) is 5.94. The highest BCUT2D eigenvalue weighted by molar-refractivity contribution is 6.35. The summed E-state index contributed by atoms with van der Waals surface area (Å²) in [7, 11) is 0. The van der Waals surface area contributed by atoms with Crippen molar-refractivity contribution in [3.05, 3.63) is 46.3 Å². The number of benzene rings is 1. The van der Waals surface area contributed by atoms with Gasteiger partial charge in [0.25, 0.3) is 5.91 Å². The predicted molar refractivity (Wildman–Crippen MR) is 87.9 cm³/mol. The number of nitrogens with one attached hydrogen (secondary N) is 1. The van der Waals surface area contributed by atoms with Crippen molar-refractivity contribution in [3.8, 4) is 0 Å². The van der Waals surface area contributed by atoms with Crippen molar-refractivity contribution in [2.45, 2.75) is 12.8 Å². The van der Waals surface area contributed by atoms with E-state index in [9.17, 15) is 4.79 Å². The first-order valence-corrected chi connectivity index (χ1v) is 7.72. The van der Waals surface area contributed by atoms with Crippen molar-refractivity contribution >= 4 is 40.6 Å². The van der Waals surface area contributed by atoms with E-state index in [0.29, 0.717) is 21.4 Å². The Kier molecular flexibility index (Phi) is 4.45. The summed E-state index contributed by atoms with van der Waals surface area (Å²) in [6, 6.07) is 6.57. The molecule has 0 spiro atoms. The molecule has 0 aliphatic carbocycles. The van der Waals surface area contributed by atoms with Crippen molar-refractivity contribution in [1.29, 1.82) is 0 Å². The average molecular weight is 337 g/mol. The lowest BCUT2D eigenvalue weighted by Crippen LogP contribution is -2.21. The van der Waals surface area contributed by atoms with Crippen molar-refractivity contribution in [2.24, 2.45) is 0 Å². The van der Waals surface area contributed by atoms with Gasteiger partial charge in [-0.05, 0) is 31.0 Å². The van der Waals surface area contributed by atoms with Gasteiger partial charge in [-0.3, -0.25) is 4.79 Å². The molecule has 2 aromatic rings. The fraction of sp³-hybridized carbons (Fsp3) is 0.267. The summed E-state index contributed by atoms with van der Waals surface area (Å²) in [5.41, 5.74) is 0.844. The number of amides is 1. The normalized spacial score (nSPS) is 14.2. The second-order valence-electron chi connectivity index (χ2n) is 5.07. The van der Waals surface area contributed by atoms with Crippen LogP contribution in [0.25, 0.3) is 0 Å². The van der Waals surface area contributed by atoms with Gasteiger partial charge in [0, 0.05) is 34.9 Å². The number of hydrogen-bond donors (Lipinski definition) is 1. The number of carbonyl (C=O) groups is 1. The average Bonchev–Trinajstić information content (AvgIpc) is 3.00. The largest absolute Gasteiger partial charge is 0.357 e. The monoisotopic (exact) mass is 336 g/mol. The Bertz CT molecular complexity index is 681. The molecule has 1 aromatic heterocycles. The summed E-state index contributed by atoms with van der Waals surface area (Å²) in [6.45, 7) is 1.92. The van der Waals surface area contributed by atoms with Gasteiger partial charge in [-0.2, -0.15) is 0 Å². The van der Waals surface area contributed by atoms with E-state index in [4.69, 9.17) is 23.2 Å². The molecule has 114 valence electrons. The molecular weight excluding hydrogens is 323 g/mol. The van der Waals surface area contributed by atoms with Crippen LogP contribution < -0.4 is 10.2 Å². The molecule has 1 saturated heterocycles. The zero-order chi connectivity index (χ0) is 15.5. The smallest absolute Gasteiger partial charge is 0.274 e. The van der Waals surface area contributed by atoms with Gasteiger partial charge in [0.15, 0.2) is 0 Å². The number of hydrogen-bond acceptors (Lipinski definition) is 4. The number of anilines is 2. The minimum atomic E-state index is -0.318. The second kappa shape index (κ2) is 6.50. The fourth-order valence-corrected chi connectivity index (χ4v) is 2.94.